The van der Waals surface area contributed by atoms with Gasteiger partial charge in [0.25, 0.3) is 0 Å². The number of phenolic OH excluding ortho intramolecular Hbond substituents is 1. The molecule has 2 aromatic heterocycles. The Morgan fingerprint density at radius 3 is 1.92 bits per heavy atom. The molecule has 0 unspecified atom stereocenters. The zero-order chi connectivity index (χ0) is 41.1. The van der Waals surface area contributed by atoms with Crippen molar-refractivity contribution >= 4 is 21.9 Å². The third-order valence-electron chi connectivity index (χ3n) is 11.5. The molecule has 0 aliphatic heterocycles. The van der Waals surface area contributed by atoms with E-state index in [1.165, 1.54) is 16.7 Å². The van der Waals surface area contributed by atoms with Crippen molar-refractivity contribution in [3.8, 4) is 67.3 Å². The van der Waals surface area contributed by atoms with Gasteiger partial charge in [0.15, 0.2) is 0 Å². The number of benzene rings is 7. The smallest absolute Gasteiger partial charge is 0.123 e. The van der Waals surface area contributed by atoms with Gasteiger partial charge in [-0.25, -0.2) is 0 Å². The summed E-state index contributed by atoms with van der Waals surface area (Å²) in [5, 5.41) is 12.7. The molecule has 1 N–H and O–H groups in total. The van der Waals surface area contributed by atoms with Crippen molar-refractivity contribution in [1.29, 1.82) is 0 Å². The van der Waals surface area contributed by atoms with Crippen LogP contribution in [0.15, 0.2) is 158 Å². The minimum atomic E-state index is -0.0658. The zero-order valence-corrected chi connectivity index (χ0v) is 37.4. The van der Waals surface area contributed by atoms with E-state index in [2.05, 4.69) is 180 Å². The molecule has 0 radical (unpaired) electrons. The van der Waals surface area contributed by atoms with E-state index >= 15 is 0 Å². The number of fused-ring (bicyclic) bond motifs is 2. The van der Waals surface area contributed by atoms with Gasteiger partial charge in [0.2, 0.25) is 0 Å². The summed E-state index contributed by atoms with van der Waals surface area (Å²) in [5.74, 6) is 0.962. The van der Waals surface area contributed by atoms with Gasteiger partial charge < -0.3 is 9.67 Å². The molecule has 7 aromatic carbocycles. The molecular formula is C55H48N3OPt-. The fourth-order valence-corrected chi connectivity index (χ4v) is 8.13. The van der Waals surface area contributed by atoms with E-state index in [9.17, 15) is 5.11 Å². The zero-order valence-electron chi connectivity index (χ0n) is 35.1. The average Bonchev–Trinajstić information content (AvgIpc) is 3.63. The summed E-state index contributed by atoms with van der Waals surface area (Å²) in [7, 11) is 0. The van der Waals surface area contributed by atoms with Crippen LogP contribution in [0.5, 0.6) is 5.75 Å². The van der Waals surface area contributed by atoms with E-state index in [1.807, 2.05) is 30.5 Å². The second-order valence-corrected chi connectivity index (χ2v) is 17.7. The van der Waals surface area contributed by atoms with Crippen LogP contribution in [-0.2, 0) is 31.9 Å². The minimum Gasteiger partial charge on any atom is -0.507 e. The first-order chi connectivity index (χ1) is 28.3. The molecule has 300 valence electrons. The van der Waals surface area contributed by atoms with E-state index in [-0.39, 0.29) is 37.6 Å². The Hall–Kier alpha value is -6.09. The number of hydrogen-bond acceptors (Lipinski definition) is 3. The topological polar surface area (TPSA) is 50.9 Å². The van der Waals surface area contributed by atoms with Crippen LogP contribution in [0.1, 0.15) is 58.2 Å². The van der Waals surface area contributed by atoms with Gasteiger partial charge in [-0.2, -0.15) is 0 Å². The SMILES string of the molecule is Cc1ccnc2c(-c3[c-]c(-c4nc5c(-c6cc(-c7ccccc7)ccc6O)cccc5n4-c4ccc(C(C)(C)C)cc4-c4ccccc4)ccc3)cc(C(C)(C)C)cc12.[Pt]. The van der Waals surface area contributed by atoms with Gasteiger partial charge in [-0.05, 0) is 92.9 Å². The van der Waals surface area contributed by atoms with Crippen molar-refractivity contribution in [2.24, 2.45) is 0 Å². The van der Waals surface area contributed by atoms with E-state index < -0.39 is 0 Å². The van der Waals surface area contributed by atoms with Crippen LogP contribution in [-0.4, -0.2) is 19.6 Å². The van der Waals surface area contributed by atoms with E-state index in [0.29, 0.717) is 0 Å². The van der Waals surface area contributed by atoms with Crippen LogP contribution in [0.3, 0.4) is 0 Å². The predicted octanol–water partition coefficient (Wildman–Crippen LogP) is 14.3. The molecule has 0 spiro atoms. The molecule has 0 saturated heterocycles. The van der Waals surface area contributed by atoms with E-state index in [4.69, 9.17) is 9.97 Å². The standard InChI is InChI=1S/C55H48N3O.Pt/c1-35-28-29-56-51-44(35)33-42(55(5,6)7)34-46(51)39-20-14-21-40(30-39)53-57-52-43(47-31-38(24-27-50(47)59)36-16-10-8-11-17-36)22-15-23-49(52)58(53)48-26-25-41(54(2,3)4)32-45(48)37-18-12-9-13-19-37;/h8-29,31-34,59H,1-7H3;/q-1;. The summed E-state index contributed by atoms with van der Waals surface area (Å²) in [6.07, 6.45) is 1.90. The molecule has 2 heterocycles. The molecule has 0 fully saturated rings. The number of imidazole rings is 1. The fourth-order valence-electron chi connectivity index (χ4n) is 8.13. The molecule has 60 heavy (non-hydrogen) atoms. The summed E-state index contributed by atoms with van der Waals surface area (Å²) >= 11 is 0. The normalized spacial score (nSPS) is 11.8. The van der Waals surface area contributed by atoms with Crippen LogP contribution in [0.2, 0.25) is 0 Å². The molecular weight excluding hydrogens is 914 g/mol. The number of pyridine rings is 1. The van der Waals surface area contributed by atoms with Gasteiger partial charge in [-0.1, -0.05) is 150 Å². The Labute approximate surface area is 367 Å². The minimum absolute atomic E-state index is 0. The molecule has 9 aromatic rings. The number of aromatic nitrogens is 3. The first-order valence-corrected chi connectivity index (χ1v) is 20.4. The maximum Gasteiger partial charge on any atom is 0.123 e. The fraction of sp³-hybridized carbons (Fsp3) is 0.164. The van der Waals surface area contributed by atoms with Crippen molar-refractivity contribution < 1.29 is 26.2 Å². The average molecular weight is 962 g/mol. The van der Waals surface area contributed by atoms with Crippen LogP contribution in [0.4, 0.5) is 0 Å². The summed E-state index contributed by atoms with van der Waals surface area (Å²) in [6.45, 7) is 15.7. The number of para-hydroxylation sites is 1. The number of phenols is 1. The molecule has 9 rings (SSSR count). The number of aryl methyl sites for hydroxylation is 1. The van der Waals surface area contributed by atoms with E-state index in [1.54, 1.807) is 6.07 Å². The summed E-state index contributed by atoms with van der Waals surface area (Å²) in [6, 6.07) is 56.7. The molecule has 0 amide bonds. The third kappa shape index (κ3) is 7.50. The maximum absolute atomic E-state index is 11.5. The van der Waals surface area contributed by atoms with Gasteiger partial charge in [0.1, 0.15) is 5.75 Å². The first kappa shape index (κ1) is 40.7. The van der Waals surface area contributed by atoms with Gasteiger partial charge in [0.05, 0.1) is 16.9 Å². The number of hydrogen-bond donors (Lipinski definition) is 1. The Kier molecular flexibility index (Phi) is 10.7. The van der Waals surface area contributed by atoms with Crippen LogP contribution in [0.25, 0.3) is 83.5 Å². The third-order valence-corrected chi connectivity index (χ3v) is 11.5. The Morgan fingerprint density at radius 2 is 1.20 bits per heavy atom. The van der Waals surface area contributed by atoms with Crippen LogP contribution in [0, 0.1) is 13.0 Å². The molecule has 0 saturated carbocycles. The molecule has 5 heteroatoms. The Morgan fingerprint density at radius 1 is 0.533 bits per heavy atom. The van der Waals surface area contributed by atoms with Crippen molar-refractivity contribution in [2.45, 2.75) is 59.3 Å². The second kappa shape index (κ2) is 15.8. The number of nitrogens with zero attached hydrogens (tertiary/aromatic N) is 3. The van der Waals surface area contributed by atoms with Crippen LogP contribution < -0.4 is 0 Å². The quantitative estimate of drug-likeness (QED) is 0.169. The second-order valence-electron chi connectivity index (χ2n) is 17.7. The van der Waals surface area contributed by atoms with Crippen molar-refractivity contribution in [3.63, 3.8) is 0 Å². The van der Waals surface area contributed by atoms with Gasteiger partial charge >= 0.3 is 0 Å². The molecule has 0 aliphatic carbocycles. The maximum atomic E-state index is 11.5. The Balaban J connectivity index is 0.00000499. The molecule has 0 aliphatic rings. The summed E-state index contributed by atoms with van der Waals surface area (Å²) in [4.78, 5) is 10.5. The van der Waals surface area contributed by atoms with Gasteiger partial charge in [-0.3, -0.25) is 9.97 Å². The largest absolute Gasteiger partial charge is 0.507 e. The van der Waals surface area contributed by atoms with Crippen LogP contribution >= 0.6 is 0 Å². The predicted molar refractivity (Wildman–Crippen MR) is 246 cm³/mol. The van der Waals surface area contributed by atoms with E-state index in [0.717, 1.165) is 83.5 Å². The first-order valence-electron chi connectivity index (χ1n) is 20.4. The van der Waals surface area contributed by atoms with Crippen molar-refractivity contribution in [3.05, 3.63) is 181 Å². The molecule has 4 nitrogen and oxygen atoms in total. The van der Waals surface area contributed by atoms with Gasteiger partial charge in [-0.15, -0.1) is 29.8 Å². The monoisotopic (exact) mass is 961 g/mol. The van der Waals surface area contributed by atoms with Crippen molar-refractivity contribution in [1.82, 2.24) is 14.5 Å². The number of aromatic hydroxyl groups is 1. The van der Waals surface area contributed by atoms with Gasteiger partial charge in [0, 0.05) is 55.2 Å². The number of rotatable bonds is 6. The molecule has 0 atom stereocenters. The summed E-state index contributed by atoms with van der Waals surface area (Å²) < 4.78 is 2.29. The van der Waals surface area contributed by atoms with Crippen molar-refractivity contribution in [2.75, 3.05) is 0 Å². The molecule has 0 bridgehead atoms. The summed E-state index contributed by atoms with van der Waals surface area (Å²) in [5.41, 5.74) is 16.0. The Bertz CT molecular complexity index is 3030.